The first-order chi connectivity index (χ1) is 8.43. The molecule has 1 aliphatic rings. The van der Waals surface area contributed by atoms with Crippen molar-refractivity contribution in [1.82, 2.24) is 20.5 Å². The highest BCUT2D eigenvalue weighted by Gasteiger charge is 2.17. The second-order valence-electron chi connectivity index (χ2n) is 4.49. The number of nitrogens with zero attached hydrogens (tertiary/aromatic N) is 2. The van der Waals surface area contributed by atoms with E-state index in [1.807, 2.05) is 18.3 Å². The molecule has 1 saturated heterocycles. The molecule has 2 N–H and O–H groups in total. The first kappa shape index (κ1) is 10.5. The first-order valence-corrected chi connectivity index (χ1v) is 6.10. The maximum atomic E-state index is 4.37. The third-order valence-corrected chi connectivity index (χ3v) is 3.29. The number of aromatic amines is 1. The van der Waals surface area contributed by atoms with Crippen LogP contribution in [0.15, 0.2) is 30.6 Å². The predicted octanol–water partition coefficient (Wildman–Crippen LogP) is 1.94. The van der Waals surface area contributed by atoms with E-state index in [0.717, 1.165) is 24.3 Å². The van der Waals surface area contributed by atoms with Gasteiger partial charge in [-0.3, -0.25) is 10.1 Å². The Kier molecular flexibility index (Phi) is 2.88. The Morgan fingerprint density at radius 3 is 3.12 bits per heavy atom. The van der Waals surface area contributed by atoms with E-state index in [1.54, 1.807) is 6.20 Å². The summed E-state index contributed by atoms with van der Waals surface area (Å²) in [5, 5.41) is 10.9. The topological polar surface area (TPSA) is 53.6 Å². The van der Waals surface area contributed by atoms with E-state index >= 15 is 0 Å². The summed E-state index contributed by atoms with van der Waals surface area (Å²) in [6.45, 7) is 2.19. The lowest BCUT2D eigenvalue weighted by atomic mass is 9.96. The van der Waals surface area contributed by atoms with Gasteiger partial charge in [-0.2, -0.15) is 5.10 Å². The summed E-state index contributed by atoms with van der Waals surface area (Å²) in [5.41, 5.74) is 3.29. The molecule has 0 saturated carbocycles. The first-order valence-electron chi connectivity index (χ1n) is 6.10. The van der Waals surface area contributed by atoms with E-state index in [2.05, 4.69) is 26.6 Å². The Morgan fingerprint density at radius 2 is 2.35 bits per heavy atom. The number of nitrogens with one attached hydrogen (secondary N) is 2. The van der Waals surface area contributed by atoms with Gasteiger partial charge < -0.3 is 5.32 Å². The number of hydrogen-bond donors (Lipinski definition) is 2. The monoisotopic (exact) mass is 228 g/mol. The molecule has 1 atom stereocenters. The summed E-state index contributed by atoms with van der Waals surface area (Å²) in [6, 6.07) is 6.12. The van der Waals surface area contributed by atoms with E-state index in [4.69, 9.17) is 0 Å². The van der Waals surface area contributed by atoms with Gasteiger partial charge >= 0.3 is 0 Å². The van der Waals surface area contributed by atoms with Crippen molar-refractivity contribution in [3.05, 3.63) is 36.3 Å². The summed E-state index contributed by atoms with van der Waals surface area (Å²) in [7, 11) is 0. The molecular formula is C13H16N4. The summed E-state index contributed by atoms with van der Waals surface area (Å²) < 4.78 is 0. The van der Waals surface area contributed by atoms with Gasteiger partial charge in [0, 0.05) is 36.1 Å². The molecule has 0 radical (unpaired) electrons. The van der Waals surface area contributed by atoms with E-state index in [0.29, 0.717) is 5.92 Å². The van der Waals surface area contributed by atoms with Gasteiger partial charge in [0.2, 0.25) is 0 Å². The SMILES string of the molecule is c1cncc(-c2cc([C@H]3CCCNC3)[nH]n2)c1. The van der Waals surface area contributed by atoms with Gasteiger partial charge in [-0.05, 0) is 37.6 Å². The number of pyridine rings is 1. The Labute approximate surface area is 100 Å². The predicted molar refractivity (Wildman–Crippen MR) is 66.7 cm³/mol. The van der Waals surface area contributed by atoms with Crippen LogP contribution in [0.4, 0.5) is 0 Å². The van der Waals surface area contributed by atoms with Gasteiger partial charge in [-0.1, -0.05) is 0 Å². The molecule has 0 spiro atoms. The molecule has 88 valence electrons. The van der Waals surface area contributed by atoms with Gasteiger partial charge in [-0.15, -0.1) is 0 Å². The molecule has 17 heavy (non-hydrogen) atoms. The lowest BCUT2D eigenvalue weighted by Crippen LogP contribution is -2.28. The minimum Gasteiger partial charge on any atom is -0.316 e. The molecule has 0 bridgehead atoms. The standard InChI is InChI=1S/C13H16N4/c1-3-10(8-14-5-1)12-7-13(17-16-12)11-4-2-6-15-9-11/h1,3,5,7-8,11,15H,2,4,6,9H2,(H,16,17)/t11-/m0/s1. The lowest BCUT2D eigenvalue weighted by molar-refractivity contribution is 0.454. The van der Waals surface area contributed by atoms with Crippen LogP contribution in [-0.4, -0.2) is 28.3 Å². The quantitative estimate of drug-likeness (QED) is 0.826. The van der Waals surface area contributed by atoms with Crippen LogP contribution >= 0.6 is 0 Å². The molecule has 2 aromatic rings. The zero-order chi connectivity index (χ0) is 11.5. The minimum atomic E-state index is 0.571. The third-order valence-electron chi connectivity index (χ3n) is 3.29. The van der Waals surface area contributed by atoms with Crippen molar-refractivity contribution in [3.63, 3.8) is 0 Å². The van der Waals surface area contributed by atoms with Crippen LogP contribution in [0.2, 0.25) is 0 Å². The molecule has 3 rings (SSSR count). The molecule has 0 unspecified atom stereocenters. The molecule has 4 nitrogen and oxygen atoms in total. The fourth-order valence-electron chi connectivity index (χ4n) is 2.33. The van der Waals surface area contributed by atoms with E-state index in [-0.39, 0.29) is 0 Å². The van der Waals surface area contributed by atoms with Crippen molar-refractivity contribution in [2.45, 2.75) is 18.8 Å². The van der Waals surface area contributed by atoms with Gasteiger partial charge in [0.05, 0.1) is 5.69 Å². The molecule has 4 heteroatoms. The lowest BCUT2D eigenvalue weighted by Gasteiger charge is -2.21. The van der Waals surface area contributed by atoms with E-state index in [1.165, 1.54) is 18.5 Å². The Bertz CT molecular complexity index is 471. The zero-order valence-electron chi connectivity index (χ0n) is 9.69. The summed E-state index contributed by atoms with van der Waals surface area (Å²) in [4.78, 5) is 4.12. The van der Waals surface area contributed by atoms with Crippen LogP contribution in [-0.2, 0) is 0 Å². The van der Waals surface area contributed by atoms with Gasteiger partial charge in [-0.25, -0.2) is 0 Å². The number of H-pyrrole nitrogens is 1. The zero-order valence-corrected chi connectivity index (χ0v) is 9.69. The molecule has 0 aliphatic carbocycles. The molecule has 0 amide bonds. The van der Waals surface area contributed by atoms with Gasteiger partial charge in [0.25, 0.3) is 0 Å². The molecule has 2 aromatic heterocycles. The molecule has 0 aromatic carbocycles. The smallest absolute Gasteiger partial charge is 0.0939 e. The molecule has 3 heterocycles. The fraction of sp³-hybridized carbons (Fsp3) is 0.385. The minimum absolute atomic E-state index is 0.571. The van der Waals surface area contributed by atoms with Crippen molar-refractivity contribution in [1.29, 1.82) is 0 Å². The number of hydrogen-bond acceptors (Lipinski definition) is 3. The Balaban J connectivity index is 1.83. The fourth-order valence-corrected chi connectivity index (χ4v) is 2.33. The summed E-state index contributed by atoms with van der Waals surface area (Å²) >= 11 is 0. The van der Waals surface area contributed by atoms with Crippen LogP contribution in [0.3, 0.4) is 0 Å². The van der Waals surface area contributed by atoms with Crippen LogP contribution in [0, 0.1) is 0 Å². The van der Waals surface area contributed by atoms with E-state index < -0.39 is 0 Å². The van der Waals surface area contributed by atoms with Crippen molar-refractivity contribution in [2.75, 3.05) is 13.1 Å². The number of aromatic nitrogens is 3. The van der Waals surface area contributed by atoms with Crippen LogP contribution in [0.5, 0.6) is 0 Å². The van der Waals surface area contributed by atoms with Crippen molar-refractivity contribution in [2.24, 2.45) is 0 Å². The van der Waals surface area contributed by atoms with Crippen molar-refractivity contribution >= 4 is 0 Å². The largest absolute Gasteiger partial charge is 0.316 e. The second kappa shape index (κ2) is 4.67. The second-order valence-corrected chi connectivity index (χ2v) is 4.49. The normalized spacial score (nSPS) is 20.4. The molecule has 1 aliphatic heterocycles. The summed E-state index contributed by atoms with van der Waals surface area (Å²) in [6.07, 6.45) is 6.11. The van der Waals surface area contributed by atoms with Gasteiger partial charge in [0.1, 0.15) is 0 Å². The number of piperidine rings is 1. The average Bonchev–Trinajstić information content (AvgIpc) is 2.90. The third kappa shape index (κ3) is 2.22. The maximum Gasteiger partial charge on any atom is 0.0939 e. The van der Waals surface area contributed by atoms with Crippen LogP contribution < -0.4 is 5.32 Å². The Hall–Kier alpha value is -1.68. The van der Waals surface area contributed by atoms with Crippen molar-refractivity contribution < 1.29 is 0 Å². The van der Waals surface area contributed by atoms with Crippen LogP contribution in [0.1, 0.15) is 24.5 Å². The molecule has 1 fully saturated rings. The Morgan fingerprint density at radius 1 is 1.35 bits per heavy atom. The average molecular weight is 228 g/mol. The van der Waals surface area contributed by atoms with Gasteiger partial charge in [0.15, 0.2) is 0 Å². The highest BCUT2D eigenvalue weighted by Crippen LogP contribution is 2.25. The maximum absolute atomic E-state index is 4.37. The molecular weight excluding hydrogens is 212 g/mol. The number of rotatable bonds is 2. The highest BCUT2D eigenvalue weighted by atomic mass is 15.1. The van der Waals surface area contributed by atoms with Crippen LogP contribution in [0.25, 0.3) is 11.3 Å². The highest BCUT2D eigenvalue weighted by molar-refractivity contribution is 5.57. The summed E-state index contributed by atoms with van der Waals surface area (Å²) in [5.74, 6) is 0.571. The van der Waals surface area contributed by atoms with E-state index in [9.17, 15) is 0 Å². The van der Waals surface area contributed by atoms with Crippen molar-refractivity contribution in [3.8, 4) is 11.3 Å².